The molecule has 3 N–H and O–H groups in total. The van der Waals surface area contributed by atoms with Crippen LogP contribution in [0.2, 0.25) is 0 Å². The molecule has 0 fully saturated rings. The summed E-state index contributed by atoms with van der Waals surface area (Å²) in [6.45, 7) is 1.78. The van der Waals surface area contributed by atoms with Gasteiger partial charge in [-0.15, -0.1) is 5.10 Å². The van der Waals surface area contributed by atoms with Gasteiger partial charge in [0.25, 0.3) is 5.56 Å². The van der Waals surface area contributed by atoms with Crippen molar-refractivity contribution in [1.29, 1.82) is 0 Å². The number of aromatic amines is 1. The molecule has 0 atom stereocenters. The highest BCUT2D eigenvalue weighted by Gasteiger charge is 2.09. The fourth-order valence-corrected chi connectivity index (χ4v) is 3.20. The van der Waals surface area contributed by atoms with Crippen LogP contribution in [0.4, 0.5) is 5.95 Å². The van der Waals surface area contributed by atoms with E-state index in [1.54, 1.807) is 6.92 Å². The summed E-state index contributed by atoms with van der Waals surface area (Å²) in [6.07, 6.45) is 0. The van der Waals surface area contributed by atoms with Gasteiger partial charge in [0.2, 0.25) is 16.1 Å². The summed E-state index contributed by atoms with van der Waals surface area (Å²) in [4.78, 5) is 20.5. The second-order valence-corrected chi connectivity index (χ2v) is 5.70. The number of rotatable bonds is 3. The molecule has 10 heteroatoms. The molecule has 3 rings (SSSR count). The molecule has 8 nitrogen and oxygen atoms in total. The molecule has 0 aliphatic rings. The Morgan fingerprint density at radius 3 is 3.11 bits per heavy atom. The molecule has 98 valence electrons. The predicted molar refractivity (Wildman–Crippen MR) is 72.2 cm³/mol. The van der Waals surface area contributed by atoms with Crippen molar-refractivity contribution in [3.63, 3.8) is 0 Å². The van der Waals surface area contributed by atoms with E-state index in [1.165, 1.54) is 33.7 Å². The normalized spacial score (nSPS) is 11.2. The van der Waals surface area contributed by atoms with Crippen LogP contribution in [0.5, 0.6) is 0 Å². The van der Waals surface area contributed by atoms with E-state index in [4.69, 9.17) is 5.73 Å². The van der Waals surface area contributed by atoms with Crippen LogP contribution in [0, 0.1) is 6.92 Å². The average Bonchev–Trinajstić information content (AvgIpc) is 2.92. The first-order chi connectivity index (χ1) is 9.11. The van der Waals surface area contributed by atoms with Crippen LogP contribution in [-0.4, -0.2) is 29.8 Å². The topological polar surface area (TPSA) is 115 Å². The van der Waals surface area contributed by atoms with Crippen LogP contribution in [0.3, 0.4) is 0 Å². The fourth-order valence-electron chi connectivity index (χ4n) is 1.47. The molecule has 0 aromatic carbocycles. The van der Waals surface area contributed by atoms with Crippen molar-refractivity contribution in [1.82, 2.24) is 29.8 Å². The van der Waals surface area contributed by atoms with E-state index in [1.807, 2.05) is 0 Å². The van der Waals surface area contributed by atoms with Crippen molar-refractivity contribution in [2.45, 2.75) is 17.8 Å². The number of hydrogen-bond donors (Lipinski definition) is 2. The number of H-pyrrole nitrogens is 1. The zero-order chi connectivity index (χ0) is 13.4. The molecule has 0 saturated carbocycles. The van der Waals surface area contributed by atoms with Gasteiger partial charge in [-0.25, -0.2) is 10.1 Å². The van der Waals surface area contributed by atoms with Crippen LogP contribution < -0.4 is 11.3 Å². The first-order valence-electron chi connectivity index (χ1n) is 5.29. The Kier molecular flexibility index (Phi) is 2.95. The molecule has 0 spiro atoms. The van der Waals surface area contributed by atoms with Gasteiger partial charge in [0.05, 0.1) is 5.75 Å². The summed E-state index contributed by atoms with van der Waals surface area (Å²) in [5.74, 6) is 0.837. The third-order valence-electron chi connectivity index (χ3n) is 2.22. The smallest absolute Gasteiger partial charge is 0.275 e. The molecular weight excluding hydrogens is 286 g/mol. The predicted octanol–water partition coefficient (Wildman–Crippen LogP) is 0.452. The molecule has 0 unspecified atom stereocenters. The highest BCUT2D eigenvalue weighted by Crippen LogP contribution is 2.22. The maximum atomic E-state index is 11.7. The molecular formula is C9H9N7OS2. The van der Waals surface area contributed by atoms with Gasteiger partial charge in [-0.3, -0.25) is 4.79 Å². The van der Waals surface area contributed by atoms with E-state index in [9.17, 15) is 4.79 Å². The monoisotopic (exact) mass is 295 g/mol. The molecule has 0 radical (unpaired) electrons. The molecule has 3 aromatic rings. The minimum atomic E-state index is -0.169. The molecule has 19 heavy (non-hydrogen) atoms. The number of nitrogens with zero attached hydrogens (tertiary/aromatic N) is 5. The standard InChI is InChI=1S/C9H9N7OS2/c1-4-2-6(17)16-9(11-4)19-5(15-16)3-18-8-12-7(10)13-14-8/h2H,3H2,1H3,(H3,10,12,13,14). The Morgan fingerprint density at radius 1 is 1.53 bits per heavy atom. The van der Waals surface area contributed by atoms with E-state index in [0.717, 1.165) is 5.01 Å². The van der Waals surface area contributed by atoms with E-state index < -0.39 is 0 Å². The van der Waals surface area contributed by atoms with Gasteiger partial charge in [-0.1, -0.05) is 23.1 Å². The van der Waals surface area contributed by atoms with Gasteiger partial charge in [0.15, 0.2) is 0 Å². The lowest BCUT2D eigenvalue weighted by atomic mass is 10.5. The minimum absolute atomic E-state index is 0.169. The second-order valence-electron chi connectivity index (χ2n) is 3.72. The fraction of sp³-hybridized carbons (Fsp3) is 0.222. The molecule has 0 aliphatic heterocycles. The maximum absolute atomic E-state index is 11.7. The lowest BCUT2D eigenvalue weighted by Crippen LogP contribution is -2.14. The number of anilines is 1. The number of nitrogens with one attached hydrogen (secondary N) is 1. The third-order valence-corrected chi connectivity index (χ3v) is 4.17. The maximum Gasteiger partial charge on any atom is 0.275 e. The Hall–Kier alpha value is -1.94. The highest BCUT2D eigenvalue weighted by molar-refractivity contribution is 7.98. The van der Waals surface area contributed by atoms with Crippen molar-refractivity contribution in [3.8, 4) is 0 Å². The van der Waals surface area contributed by atoms with Gasteiger partial charge in [0, 0.05) is 11.8 Å². The first-order valence-corrected chi connectivity index (χ1v) is 7.09. The number of fused-ring (bicyclic) bond motifs is 1. The van der Waals surface area contributed by atoms with Gasteiger partial charge in [-0.2, -0.15) is 14.6 Å². The van der Waals surface area contributed by atoms with Crippen LogP contribution >= 0.6 is 23.1 Å². The quantitative estimate of drug-likeness (QED) is 0.674. The van der Waals surface area contributed by atoms with Gasteiger partial charge in [0.1, 0.15) is 5.01 Å². The third kappa shape index (κ3) is 2.44. The Balaban J connectivity index is 1.85. The Bertz CT molecular complexity index is 789. The van der Waals surface area contributed by atoms with Crippen molar-refractivity contribution in [2.24, 2.45) is 0 Å². The Morgan fingerprint density at radius 2 is 2.37 bits per heavy atom. The molecule has 3 heterocycles. The lowest BCUT2D eigenvalue weighted by Gasteiger charge is -1.90. The van der Waals surface area contributed by atoms with E-state index >= 15 is 0 Å². The second kappa shape index (κ2) is 4.63. The summed E-state index contributed by atoms with van der Waals surface area (Å²) in [6, 6.07) is 1.46. The Labute approximate surface area is 115 Å². The zero-order valence-electron chi connectivity index (χ0n) is 9.82. The van der Waals surface area contributed by atoms with E-state index in [2.05, 4.69) is 25.3 Å². The van der Waals surface area contributed by atoms with Crippen molar-refractivity contribution in [3.05, 3.63) is 27.1 Å². The number of aryl methyl sites for hydroxylation is 1. The highest BCUT2D eigenvalue weighted by atomic mass is 32.2. The average molecular weight is 295 g/mol. The molecule has 0 aliphatic carbocycles. The van der Waals surface area contributed by atoms with E-state index in [-0.39, 0.29) is 11.5 Å². The summed E-state index contributed by atoms with van der Waals surface area (Å²) in [5, 5.41) is 12.0. The van der Waals surface area contributed by atoms with Crippen molar-refractivity contribution >= 4 is 34.0 Å². The van der Waals surface area contributed by atoms with Crippen molar-refractivity contribution in [2.75, 3.05) is 5.73 Å². The largest absolute Gasteiger partial charge is 0.368 e. The SMILES string of the molecule is Cc1cc(=O)n2nc(CSc3n[nH]c(N)n3)sc2n1. The van der Waals surface area contributed by atoms with Crippen LogP contribution in [0.15, 0.2) is 16.0 Å². The summed E-state index contributed by atoms with van der Waals surface area (Å²) in [7, 11) is 0. The number of nitrogens with two attached hydrogens (primary N) is 1. The number of hydrogen-bond acceptors (Lipinski definition) is 8. The number of nitrogen functional groups attached to an aromatic ring is 1. The molecule has 0 saturated heterocycles. The van der Waals surface area contributed by atoms with Gasteiger partial charge in [-0.05, 0) is 6.92 Å². The van der Waals surface area contributed by atoms with E-state index in [0.29, 0.717) is 21.6 Å². The van der Waals surface area contributed by atoms with Crippen LogP contribution in [-0.2, 0) is 5.75 Å². The summed E-state index contributed by atoms with van der Waals surface area (Å²) >= 11 is 2.77. The van der Waals surface area contributed by atoms with Crippen LogP contribution in [0.1, 0.15) is 10.7 Å². The number of thioether (sulfide) groups is 1. The molecule has 3 aromatic heterocycles. The lowest BCUT2D eigenvalue weighted by molar-refractivity contribution is 0.869. The molecule has 0 bridgehead atoms. The summed E-state index contributed by atoms with van der Waals surface area (Å²) in [5.41, 5.74) is 5.95. The number of aromatic nitrogens is 6. The van der Waals surface area contributed by atoms with Crippen LogP contribution in [0.25, 0.3) is 4.96 Å². The summed E-state index contributed by atoms with van der Waals surface area (Å²) < 4.78 is 1.31. The zero-order valence-corrected chi connectivity index (χ0v) is 11.5. The minimum Gasteiger partial charge on any atom is -0.368 e. The van der Waals surface area contributed by atoms with Gasteiger partial charge >= 0.3 is 0 Å². The first kappa shape index (κ1) is 12.1. The van der Waals surface area contributed by atoms with Crippen molar-refractivity contribution < 1.29 is 0 Å². The van der Waals surface area contributed by atoms with Gasteiger partial charge < -0.3 is 5.73 Å². The molecule has 0 amide bonds.